The summed E-state index contributed by atoms with van der Waals surface area (Å²) in [5.74, 6) is 4.48. The van der Waals surface area contributed by atoms with E-state index in [-0.39, 0.29) is 0 Å². The Labute approximate surface area is 122 Å². The van der Waals surface area contributed by atoms with Crippen molar-refractivity contribution in [3.8, 4) is 11.5 Å². The lowest BCUT2D eigenvalue weighted by Gasteiger charge is -2.09. The summed E-state index contributed by atoms with van der Waals surface area (Å²) in [7, 11) is 0. The minimum Gasteiger partial charge on any atom is -0.454 e. The van der Waals surface area contributed by atoms with Crippen LogP contribution < -0.4 is 14.8 Å². The third-order valence-corrected chi connectivity index (χ3v) is 4.00. The van der Waals surface area contributed by atoms with Crippen LogP contribution in [-0.4, -0.2) is 29.8 Å². The van der Waals surface area contributed by atoms with E-state index in [0.717, 1.165) is 46.1 Å². The molecule has 1 aliphatic heterocycles. The van der Waals surface area contributed by atoms with Crippen LogP contribution in [0.2, 0.25) is 0 Å². The molecule has 104 valence electrons. The highest BCUT2D eigenvalue weighted by atomic mass is 32.2. The molecule has 1 aromatic carbocycles. The van der Waals surface area contributed by atoms with E-state index in [1.54, 1.807) is 0 Å². The second-order valence-electron chi connectivity index (χ2n) is 4.38. The maximum absolute atomic E-state index is 5.43. The topological polar surface area (TPSA) is 43.4 Å². The van der Waals surface area contributed by atoms with E-state index >= 15 is 0 Å². The number of hydrogen-bond acceptors (Lipinski definition) is 5. The molecule has 2 heterocycles. The number of rotatable bonds is 6. The zero-order valence-corrected chi connectivity index (χ0v) is 11.9. The van der Waals surface area contributed by atoms with E-state index < -0.39 is 0 Å². The normalized spacial score (nSPS) is 12.6. The molecule has 0 spiro atoms. The van der Waals surface area contributed by atoms with E-state index in [0.29, 0.717) is 6.79 Å². The lowest BCUT2D eigenvalue weighted by atomic mass is 10.1. The molecule has 0 atom stereocenters. The SMILES string of the molecule is C=CCSCCNc1nccc2cc3c(cc12)OCO3. The molecule has 1 aromatic heterocycles. The van der Waals surface area contributed by atoms with Gasteiger partial charge in [0.05, 0.1) is 0 Å². The molecule has 0 saturated carbocycles. The molecule has 4 nitrogen and oxygen atoms in total. The smallest absolute Gasteiger partial charge is 0.231 e. The monoisotopic (exact) mass is 288 g/mol. The van der Waals surface area contributed by atoms with Crippen molar-refractivity contribution in [1.82, 2.24) is 4.98 Å². The van der Waals surface area contributed by atoms with Crippen LogP contribution in [0.3, 0.4) is 0 Å². The highest BCUT2D eigenvalue weighted by molar-refractivity contribution is 7.99. The molecule has 20 heavy (non-hydrogen) atoms. The fourth-order valence-electron chi connectivity index (χ4n) is 2.11. The van der Waals surface area contributed by atoms with E-state index in [1.807, 2.05) is 42.2 Å². The fraction of sp³-hybridized carbons (Fsp3) is 0.267. The Morgan fingerprint density at radius 3 is 3.05 bits per heavy atom. The van der Waals surface area contributed by atoms with Crippen LogP contribution in [0.1, 0.15) is 0 Å². The summed E-state index contributed by atoms with van der Waals surface area (Å²) in [5, 5.41) is 5.54. The number of aromatic nitrogens is 1. The summed E-state index contributed by atoms with van der Waals surface area (Å²) in [6, 6.07) is 5.97. The van der Waals surface area contributed by atoms with Gasteiger partial charge in [0, 0.05) is 29.6 Å². The molecule has 2 aromatic rings. The van der Waals surface area contributed by atoms with Crippen molar-refractivity contribution >= 4 is 28.4 Å². The molecule has 0 aliphatic carbocycles. The highest BCUT2D eigenvalue weighted by Gasteiger charge is 2.15. The zero-order chi connectivity index (χ0) is 13.8. The lowest BCUT2D eigenvalue weighted by molar-refractivity contribution is 0.174. The van der Waals surface area contributed by atoms with Gasteiger partial charge in [0.1, 0.15) is 5.82 Å². The van der Waals surface area contributed by atoms with Crippen LogP contribution in [0.4, 0.5) is 5.82 Å². The number of anilines is 1. The average Bonchev–Trinajstić information content (AvgIpc) is 2.92. The number of hydrogen-bond donors (Lipinski definition) is 1. The number of benzene rings is 1. The molecule has 0 saturated heterocycles. The van der Waals surface area contributed by atoms with Crippen molar-refractivity contribution in [2.45, 2.75) is 0 Å². The van der Waals surface area contributed by atoms with Gasteiger partial charge >= 0.3 is 0 Å². The number of thioether (sulfide) groups is 1. The van der Waals surface area contributed by atoms with Gasteiger partial charge in [-0.15, -0.1) is 6.58 Å². The van der Waals surface area contributed by atoms with E-state index in [4.69, 9.17) is 9.47 Å². The Hall–Kier alpha value is -1.88. The van der Waals surface area contributed by atoms with Gasteiger partial charge < -0.3 is 14.8 Å². The molecule has 0 fully saturated rings. The molecule has 1 N–H and O–H groups in total. The van der Waals surface area contributed by atoms with Gasteiger partial charge in [0.15, 0.2) is 11.5 Å². The predicted octanol–water partition coefficient (Wildman–Crippen LogP) is 3.29. The maximum atomic E-state index is 5.43. The minimum absolute atomic E-state index is 0.292. The Kier molecular flexibility index (Phi) is 3.97. The van der Waals surface area contributed by atoms with Crippen molar-refractivity contribution in [2.24, 2.45) is 0 Å². The van der Waals surface area contributed by atoms with Crippen LogP contribution in [0, 0.1) is 0 Å². The fourth-order valence-corrected chi connectivity index (χ4v) is 2.69. The molecule has 0 radical (unpaired) electrons. The first-order valence-electron chi connectivity index (χ1n) is 6.49. The Balaban J connectivity index is 1.78. The molecular weight excluding hydrogens is 272 g/mol. The summed E-state index contributed by atoms with van der Waals surface area (Å²) in [6.45, 7) is 4.88. The molecule has 1 aliphatic rings. The Bertz CT molecular complexity index is 631. The Morgan fingerprint density at radius 1 is 1.35 bits per heavy atom. The predicted molar refractivity (Wildman–Crippen MR) is 83.9 cm³/mol. The second kappa shape index (κ2) is 6.05. The summed E-state index contributed by atoms with van der Waals surface area (Å²) in [4.78, 5) is 4.41. The van der Waals surface area contributed by atoms with Gasteiger partial charge in [-0.2, -0.15) is 11.8 Å². The standard InChI is InChI=1S/C15H16N2O2S/c1-2-6-20-7-5-17-15-12-9-14-13(18-10-19-14)8-11(12)3-4-16-15/h2-4,8-9H,1,5-7,10H2,(H,16,17). The second-order valence-corrected chi connectivity index (χ2v) is 5.53. The summed E-state index contributed by atoms with van der Waals surface area (Å²) >= 11 is 1.84. The highest BCUT2D eigenvalue weighted by Crippen LogP contribution is 2.37. The first-order chi connectivity index (χ1) is 9.88. The minimum atomic E-state index is 0.292. The third-order valence-electron chi connectivity index (χ3n) is 3.03. The van der Waals surface area contributed by atoms with Crippen LogP contribution in [0.15, 0.2) is 37.1 Å². The van der Waals surface area contributed by atoms with Crippen LogP contribution in [0.5, 0.6) is 11.5 Å². The largest absolute Gasteiger partial charge is 0.454 e. The van der Waals surface area contributed by atoms with Crippen LogP contribution in [0.25, 0.3) is 10.8 Å². The summed E-state index contributed by atoms with van der Waals surface area (Å²) in [5.41, 5.74) is 0. The zero-order valence-electron chi connectivity index (χ0n) is 11.1. The molecule has 0 unspecified atom stereocenters. The molecule has 5 heteroatoms. The molecule has 0 amide bonds. The van der Waals surface area contributed by atoms with Gasteiger partial charge in [-0.3, -0.25) is 0 Å². The van der Waals surface area contributed by atoms with Gasteiger partial charge in [0.2, 0.25) is 6.79 Å². The average molecular weight is 288 g/mol. The van der Waals surface area contributed by atoms with E-state index in [1.165, 1.54) is 0 Å². The number of nitrogens with zero attached hydrogens (tertiary/aromatic N) is 1. The van der Waals surface area contributed by atoms with Crippen molar-refractivity contribution < 1.29 is 9.47 Å². The first kappa shape index (κ1) is 13.1. The van der Waals surface area contributed by atoms with Gasteiger partial charge in [0.25, 0.3) is 0 Å². The van der Waals surface area contributed by atoms with Crippen molar-refractivity contribution in [3.63, 3.8) is 0 Å². The van der Waals surface area contributed by atoms with Gasteiger partial charge in [-0.25, -0.2) is 4.98 Å². The lowest BCUT2D eigenvalue weighted by Crippen LogP contribution is -2.06. The third kappa shape index (κ3) is 2.67. The summed E-state index contributed by atoms with van der Waals surface area (Å²) in [6.07, 6.45) is 3.73. The maximum Gasteiger partial charge on any atom is 0.231 e. The van der Waals surface area contributed by atoms with Crippen LogP contribution in [-0.2, 0) is 0 Å². The van der Waals surface area contributed by atoms with Crippen LogP contribution >= 0.6 is 11.8 Å². The number of pyridine rings is 1. The Morgan fingerprint density at radius 2 is 2.20 bits per heavy atom. The van der Waals surface area contributed by atoms with Crippen molar-refractivity contribution in [2.75, 3.05) is 30.2 Å². The quantitative estimate of drug-likeness (QED) is 0.652. The van der Waals surface area contributed by atoms with Crippen molar-refractivity contribution in [1.29, 1.82) is 0 Å². The van der Waals surface area contributed by atoms with Gasteiger partial charge in [-0.05, 0) is 23.6 Å². The molecular formula is C15H16N2O2S. The van der Waals surface area contributed by atoms with Crippen molar-refractivity contribution in [3.05, 3.63) is 37.1 Å². The first-order valence-corrected chi connectivity index (χ1v) is 7.65. The number of fused-ring (bicyclic) bond motifs is 2. The van der Waals surface area contributed by atoms with E-state index in [2.05, 4.69) is 16.9 Å². The number of ether oxygens (including phenoxy) is 2. The van der Waals surface area contributed by atoms with Gasteiger partial charge in [-0.1, -0.05) is 6.08 Å². The summed E-state index contributed by atoms with van der Waals surface area (Å²) < 4.78 is 10.8. The molecule has 3 rings (SSSR count). The molecule has 0 bridgehead atoms. The number of nitrogens with one attached hydrogen (secondary N) is 1. The van der Waals surface area contributed by atoms with E-state index in [9.17, 15) is 0 Å².